The summed E-state index contributed by atoms with van der Waals surface area (Å²) < 4.78 is 0. The summed E-state index contributed by atoms with van der Waals surface area (Å²) in [5.74, 6) is 2.31. The van der Waals surface area contributed by atoms with E-state index in [0.29, 0.717) is 11.5 Å². The first kappa shape index (κ1) is 16.5. The summed E-state index contributed by atoms with van der Waals surface area (Å²) in [6.07, 6.45) is 7.94. The number of nitrogens with zero attached hydrogens (tertiary/aromatic N) is 5. The lowest BCUT2D eigenvalue weighted by Gasteiger charge is -2.40. The maximum absolute atomic E-state index is 9.42. The lowest BCUT2D eigenvalue weighted by Crippen LogP contribution is -2.50. The SMILES string of the molecule is N#Cc1cc2c(nc1NCC1CN(c3cc4c(nn3)CCCC4)C1)CCC2. The predicted octanol–water partition coefficient (Wildman–Crippen LogP) is 2.66. The molecule has 0 aromatic carbocycles. The molecule has 1 saturated heterocycles. The van der Waals surface area contributed by atoms with Crippen LogP contribution >= 0.6 is 0 Å². The van der Waals surface area contributed by atoms with Crippen LogP contribution in [0.4, 0.5) is 11.6 Å². The van der Waals surface area contributed by atoms with Crippen molar-refractivity contribution in [1.82, 2.24) is 15.2 Å². The average Bonchev–Trinajstić information content (AvgIpc) is 3.13. The Kier molecular flexibility index (Phi) is 4.16. The van der Waals surface area contributed by atoms with Crippen molar-refractivity contribution in [2.45, 2.75) is 44.9 Å². The number of hydrogen-bond acceptors (Lipinski definition) is 6. The van der Waals surface area contributed by atoms with Crippen LogP contribution in [0.2, 0.25) is 0 Å². The van der Waals surface area contributed by atoms with Gasteiger partial charge in [-0.2, -0.15) is 10.4 Å². The van der Waals surface area contributed by atoms with Crippen LogP contribution in [-0.2, 0) is 25.7 Å². The van der Waals surface area contributed by atoms with Crippen LogP contribution in [0.3, 0.4) is 0 Å². The predicted molar refractivity (Wildman–Crippen MR) is 104 cm³/mol. The van der Waals surface area contributed by atoms with Gasteiger partial charge in [0.1, 0.15) is 11.9 Å². The van der Waals surface area contributed by atoms with Crippen molar-refractivity contribution in [3.8, 4) is 6.07 Å². The largest absolute Gasteiger partial charge is 0.369 e. The first-order chi connectivity index (χ1) is 13.3. The van der Waals surface area contributed by atoms with Gasteiger partial charge in [-0.3, -0.25) is 0 Å². The molecule has 3 heterocycles. The zero-order chi connectivity index (χ0) is 18.2. The smallest absolute Gasteiger partial charge is 0.151 e. The number of anilines is 2. The molecule has 1 fully saturated rings. The van der Waals surface area contributed by atoms with E-state index in [0.717, 1.165) is 69.1 Å². The second-order valence-corrected chi connectivity index (χ2v) is 7.99. The van der Waals surface area contributed by atoms with Gasteiger partial charge in [0.15, 0.2) is 5.82 Å². The molecule has 6 nitrogen and oxygen atoms in total. The molecule has 2 aromatic heterocycles. The molecule has 2 aliphatic carbocycles. The van der Waals surface area contributed by atoms with Crippen molar-refractivity contribution in [3.63, 3.8) is 0 Å². The Labute approximate surface area is 159 Å². The molecular formula is C21H24N6. The second-order valence-electron chi connectivity index (χ2n) is 7.99. The molecule has 27 heavy (non-hydrogen) atoms. The average molecular weight is 360 g/mol. The monoisotopic (exact) mass is 360 g/mol. The quantitative estimate of drug-likeness (QED) is 0.903. The summed E-state index contributed by atoms with van der Waals surface area (Å²) in [6.45, 7) is 2.80. The highest BCUT2D eigenvalue weighted by Crippen LogP contribution is 2.28. The molecule has 3 aliphatic rings. The minimum Gasteiger partial charge on any atom is -0.369 e. The third-order valence-corrected chi connectivity index (χ3v) is 6.07. The molecule has 0 bridgehead atoms. The summed E-state index contributed by atoms with van der Waals surface area (Å²) in [7, 11) is 0. The Bertz CT molecular complexity index is 910. The van der Waals surface area contributed by atoms with Crippen LogP contribution in [0.25, 0.3) is 0 Å². The fourth-order valence-electron chi connectivity index (χ4n) is 4.45. The van der Waals surface area contributed by atoms with E-state index in [1.54, 1.807) is 0 Å². The van der Waals surface area contributed by atoms with Crippen LogP contribution < -0.4 is 10.2 Å². The summed E-state index contributed by atoms with van der Waals surface area (Å²) in [5, 5.41) is 21.7. The number of aromatic nitrogens is 3. The van der Waals surface area contributed by atoms with Crippen LogP contribution in [0.1, 0.15) is 47.3 Å². The van der Waals surface area contributed by atoms with Crippen molar-refractivity contribution in [3.05, 3.63) is 40.2 Å². The third kappa shape index (κ3) is 3.12. The molecule has 0 atom stereocenters. The van der Waals surface area contributed by atoms with E-state index < -0.39 is 0 Å². The highest BCUT2D eigenvalue weighted by molar-refractivity contribution is 5.55. The van der Waals surface area contributed by atoms with Gasteiger partial charge in [0, 0.05) is 31.2 Å². The van der Waals surface area contributed by atoms with E-state index in [9.17, 15) is 5.26 Å². The maximum Gasteiger partial charge on any atom is 0.151 e. The molecule has 5 rings (SSSR count). The molecule has 6 heteroatoms. The second kappa shape index (κ2) is 6.80. The van der Waals surface area contributed by atoms with Crippen molar-refractivity contribution < 1.29 is 0 Å². The van der Waals surface area contributed by atoms with E-state index >= 15 is 0 Å². The highest BCUT2D eigenvalue weighted by Gasteiger charge is 2.29. The van der Waals surface area contributed by atoms with Crippen LogP contribution in [0.15, 0.2) is 12.1 Å². The maximum atomic E-state index is 9.42. The lowest BCUT2D eigenvalue weighted by molar-refractivity contribution is 0.424. The van der Waals surface area contributed by atoms with Crippen molar-refractivity contribution in [1.29, 1.82) is 5.26 Å². The van der Waals surface area contributed by atoms with Gasteiger partial charge in [0.05, 0.1) is 11.3 Å². The van der Waals surface area contributed by atoms with E-state index in [4.69, 9.17) is 4.98 Å². The topological polar surface area (TPSA) is 77.7 Å². The summed E-state index contributed by atoms with van der Waals surface area (Å²) in [5.41, 5.74) is 5.66. The number of rotatable bonds is 4. The van der Waals surface area contributed by atoms with Gasteiger partial charge < -0.3 is 10.2 Å². The van der Waals surface area contributed by atoms with E-state index in [-0.39, 0.29) is 0 Å². The van der Waals surface area contributed by atoms with Crippen molar-refractivity contribution >= 4 is 11.6 Å². The number of hydrogen-bond donors (Lipinski definition) is 1. The Morgan fingerprint density at radius 1 is 1.00 bits per heavy atom. The molecule has 2 aromatic rings. The Balaban J connectivity index is 1.20. The molecule has 0 unspecified atom stereocenters. The standard InChI is InChI=1S/C21H24N6/c22-10-17-8-15-5-3-7-18(15)24-21(17)23-11-14-12-27(13-14)20-9-16-4-1-2-6-19(16)25-26-20/h8-9,14H,1-7,11-13H2,(H,23,24). The zero-order valence-electron chi connectivity index (χ0n) is 15.5. The third-order valence-electron chi connectivity index (χ3n) is 6.07. The molecule has 1 aliphatic heterocycles. The number of fused-ring (bicyclic) bond motifs is 2. The van der Waals surface area contributed by atoms with Crippen LogP contribution in [0, 0.1) is 17.2 Å². The van der Waals surface area contributed by atoms with Gasteiger partial charge in [-0.05, 0) is 68.2 Å². The first-order valence-corrected chi connectivity index (χ1v) is 10.1. The molecule has 1 N–H and O–H groups in total. The van der Waals surface area contributed by atoms with Gasteiger partial charge in [0.2, 0.25) is 0 Å². The summed E-state index contributed by atoms with van der Waals surface area (Å²) in [4.78, 5) is 7.01. The number of pyridine rings is 1. The minimum atomic E-state index is 0.546. The van der Waals surface area contributed by atoms with E-state index in [2.05, 4.69) is 32.5 Å². The van der Waals surface area contributed by atoms with Crippen LogP contribution in [0.5, 0.6) is 0 Å². The number of nitriles is 1. The number of aryl methyl sites for hydroxylation is 4. The van der Waals surface area contributed by atoms with Crippen LogP contribution in [-0.4, -0.2) is 34.8 Å². The normalized spacial score (nSPS) is 18.4. The Morgan fingerprint density at radius 2 is 1.78 bits per heavy atom. The summed E-state index contributed by atoms with van der Waals surface area (Å²) >= 11 is 0. The van der Waals surface area contributed by atoms with E-state index in [1.807, 2.05) is 6.07 Å². The Morgan fingerprint density at radius 3 is 2.67 bits per heavy atom. The first-order valence-electron chi connectivity index (χ1n) is 10.1. The van der Waals surface area contributed by atoms with Gasteiger partial charge in [-0.25, -0.2) is 4.98 Å². The van der Waals surface area contributed by atoms with Gasteiger partial charge >= 0.3 is 0 Å². The zero-order valence-corrected chi connectivity index (χ0v) is 15.5. The fourth-order valence-corrected chi connectivity index (χ4v) is 4.45. The molecule has 0 amide bonds. The van der Waals surface area contributed by atoms with E-state index in [1.165, 1.54) is 29.7 Å². The highest BCUT2D eigenvalue weighted by atomic mass is 15.3. The number of nitrogens with one attached hydrogen (secondary N) is 1. The molecular weight excluding hydrogens is 336 g/mol. The van der Waals surface area contributed by atoms with Crippen molar-refractivity contribution in [2.24, 2.45) is 5.92 Å². The van der Waals surface area contributed by atoms with Gasteiger partial charge in [-0.15, -0.1) is 5.10 Å². The summed E-state index contributed by atoms with van der Waals surface area (Å²) in [6, 6.07) is 6.55. The Hall–Kier alpha value is -2.68. The molecule has 138 valence electrons. The minimum absolute atomic E-state index is 0.546. The van der Waals surface area contributed by atoms with Crippen molar-refractivity contribution in [2.75, 3.05) is 29.9 Å². The molecule has 0 saturated carbocycles. The van der Waals surface area contributed by atoms with Gasteiger partial charge in [0.25, 0.3) is 0 Å². The molecule has 0 radical (unpaired) electrons. The lowest BCUT2D eigenvalue weighted by atomic mass is 9.95. The molecule has 0 spiro atoms. The fraction of sp³-hybridized carbons (Fsp3) is 0.524. The van der Waals surface area contributed by atoms with Gasteiger partial charge in [-0.1, -0.05) is 0 Å².